The number of nitrogens with zero attached hydrogens (tertiary/aromatic N) is 2. The van der Waals surface area contributed by atoms with Gasteiger partial charge in [0.15, 0.2) is 0 Å². The van der Waals surface area contributed by atoms with E-state index in [4.69, 9.17) is 0 Å². The molecule has 116 valence electrons. The lowest BCUT2D eigenvalue weighted by molar-refractivity contribution is 0.0948. The molecule has 0 atom stereocenters. The summed E-state index contributed by atoms with van der Waals surface area (Å²) in [6, 6.07) is 2.24. The number of aryl methyl sites for hydroxylation is 1. The normalized spacial score (nSPS) is 15.7. The second-order valence-electron chi connectivity index (χ2n) is 5.77. The standard InChI is InChI=1S/C16H26N4O/c1-3-4-10-17-16(21)14-11-15(19-12(2)18-14)20-13-8-6-5-7-9-13/h11,13H,3-10H2,1-2H3,(H,17,21)(H,18,19,20). The van der Waals surface area contributed by atoms with Gasteiger partial charge in [-0.1, -0.05) is 32.6 Å². The summed E-state index contributed by atoms with van der Waals surface area (Å²) in [5.74, 6) is 1.30. The van der Waals surface area contributed by atoms with Gasteiger partial charge in [0, 0.05) is 18.7 Å². The average molecular weight is 290 g/mol. The summed E-state index contributed by atoms with van der Waals surface area (Å²) in [4.78, 5) is 20.7. The Hall–Kier alpha value is -1.65. The largest absolute Gasteiger partial charge is 0.367 e. The molecule has 1 aromatic rings. The van der Waals surface area contributed by atoms with Gasteiger partial charge in [0.2, 0.25) is 0 Å². The van der Waals surface area contributed by atoms with Crippen LogP contribution < -0.4 is 10.6 Å². The quantitative estimate of drug-likeness (QED) is 0.790. The zero-order valence-electron chi connectivity index (χ0n) is 13.1. The van der Waals surface area contributed by atoms with E-state index in [-0.39, 0.29) is 5.91 Å². The molecule has 21 heavy (non-hydrogen) atoms. The molecule has 1 fully saturated rings. The second kappa shape index (κ2) is 7.96. The molecule has 1 aliphatic rings. The minimum atomic E-state index is -0.111. The highest BCUT2D eigenvalue weighted by Gasteiger charge is 2.15. The molecule has 0 radical (unpaired) electrons. The molecule has 1 aliphatic carbocycles. The Morgan fingerprint density at radius 3 is 2.76 bits per heavy atom. The lowest BCUT2D eigenvalue weighted by atomic mass is 9.95. The monoisotopic (exact) mass is 290 g/mol. The molecule has 5 nitrogen and oxygen atoms in total. The van der Waals surface area contributed by atoms with E-state index in [0.717, 1.165) is 18.7 Å². The molecule has 0 unspecified atom stereocenters. The number of carbonyl (C=O) groups excluding carboxylic acids is 1. The van der Waals surface area contributed by atoms with Gasteiger partial charge < -0.3 is 10.6 Å². The van der Waals surface area contributed by atoms with Crippen molar-refractivity contribution < 1.29 is 4.79 Å². The molecule has 0 spiro atoms. The van der Waals surface area contributed by atoms with Gasteiger partial charge in [0.25, 0.3) is 5.91 Å². The van der Waals surface area contributed by atoms with Crippen LogP contribution in [0.1, 0.15) is 68.2 Å². The Bertz CT molecular complexity index is 469. The zero-order chi connectivity index (χ0) is 15.1. The van der Waals surface area contributed by atoms with Gasteiger partial charge >= 0.3 is 0 Å². The highest BCUT2D eigenvalue weighted by Crippen LogP contribution is 2.21. The molecule has 0 aromatic carbocycles. The van der Waals surface area contributed by atoms with Crippen molar-refractivity contribution in [1.82, 2.24) is 15.3 Å². The minimum Gasteiger partial charge on any atom is -0.367 e. The Morgan fingerprint density at radius 1 is 1.29 bits per heavy atom. The fraction of sp³-hybridized carbons (Fsp3) is 0.688. The van der Waals surface area contributed by atoms with Crippen LogP contribution in [-0.2, 0) is 0 Å². The van der Waals surface area contributed by atoms with Crippen molar-refractivity contribution in [3.8, 4) is 0 Å². The number of amides is 1. The zero-order valence-corrected chi connectivity index (χ0v) is 13.1. The van der Waals surface area contributed by atoms with E-state index in [1.165, 1.54) is 32.1 Å². The lowest BCUT2D eigenvalue weighted by Gasteiger charge is -2.23. The van der Waals surface area contributed by atoms with Crippen molar-refractivity contribution in [2.24, 2.45) is 0 Å². The first-order valence-electron chi connectivity index (χ1n) is 8.09. The molecule has 1 amide bonds. The fourth-order valence-corrected chi connectivity index (χ4v) is 2.68. The number of rotatable bonds is 6. The van der Waals surface area contributed by atoms with E-state index < -0.39 is 0 Å². The smallest absolute Gasteiger partial charge is 0.270 e. The Balaban J connectivity index is 2.00. The van der Waals surface area contributed by atoms with Crippen LogP contribution in [-0.4, -0.2) is 28.5 Å². The molecule has 0 aliphatic heterocycles. The van der Waals surface area contributed by atoms with E-state index in [2.05, 4.69) is 27.5 Å². The fourth-order valence-electron chi connectivity index (χ4n) is 2.68. The van der Waals surface area contributed by atoms with Crippen LogP contribution in [0.25, 0.3) is 0 Å². The molecule has 2 rings (SSSR count). The van der Waals surface area contributed by atoms with Gasteiger partial charge in [0.05, 0.1) is 0 Å². The van der Waals surface area contributed by atoms with Gasteiger partial charge in [-0.2, -0.15) is 0 Å². The molecule has 2 N–H and O–H groups in total. The van der Waals surface area contributed by atoms with Gasteiger partial charge in [-0.15, -0.1) is 0 Å². The van der Waals surface area contributed by atoms with Crippen LogP contribution in [0.4, 0.5) is 5.82 Å². The van der Waals surface area contributed by atoms with Crippen LogP contribution in [0.5, 0.6) is 0 Å². The van der Waals surface area contributed by atoms with Gasteiger partial charge in [0.1, 0.15) is 17.3 Å². The topological polar surface area (TPSA) is 66.9 Å². The maximum atomic E-state index is 12.1. The van der Waals surface area contributed by atoms with Crippen LogP contribution in [0, 0.1) is 6.92 Å². The van der Waals surface area contributed by atoms with Crippen LogP contribution in [0.3, 0.4) is 0 Å². The number of aromatic nitrogens is 2. The van der Waals surface area contributed by atoms with E-state index >= 15 is 0 Å². The summed E-state index contributed by atoms with van der Waals surface area (Å²) in [5, 5.41) is 6.35. The summed E-state index contributed by atoms with van der Waals surface area (Å²) in [6.45, 7) is 4.63. The molecule has 5 heteroatoms. The molecule has 0 bridgehead atoms. The molecule has 1 heterocycles. The average Bonchev–Trinajstić information content (AvgIpc) is 2.48. The molecule has 0 saturated heterocycles. The van der Waals surface area contributed by atoms with E-state index in [0.29, 0.717) is 24.1 Å². The second-order valence-corrected chi connectivity index (χ2v) is 5.77. The highest BCUT2D eigenvalue weighted by atomic mass is 16.1. The maximum Gasteiger partial charge on any atom is 0.270 e. The van der Waals surface area contributed by atoms with Gasteiger partial charge in [-0.05, 0) is 26.2 Å². The Morgan fingerprint density at radius 2 is 2.05 bits per heavy atom. The van der Waals surface area contributed by atoms with Crippen LogP contribution in [0.15, 0.2) is 6.07 Å². The predicted octanol–water partition coefficient (Wildman–Crippen LogP) is 3.06. The molecule has 1 saturated carbocycles. The number of hydrogen-bond acceptors (Lipinski definition) is 4. The van der Waals surface area contributed by atoms with Crippen molar-refractivity contribution >= 4 is 11.7 Å². The molecular weight excluding hydrogens is 264 g/mol. The summed E-state index contributed by atoms with van der Waals surface area (Å²) in [6.07, 6.45) is 8.28. The SMILES string of the molecule is CCCCNC(=O)c1cc(NC2CCCCC2)nc(C)n1. The summed E-state index contributed by atoms with van der Waals surface area (Å²) >= 11 is 0. The third kappa shape index (κ3) is 4.99. The first-order chi connectivity index (χ1) is 10.2. The Labute approximate surface area is 127 Å². The minimum absolute atomic E-state index is 0.111. The number of carbonyl (C=O) groups is 1. The summed E-state index contributed by atoms with van der Waals surface area (Å²) < 4.78 is 0. The summed E-state index contributed by atoms with van der Waals surface area (Å²) in [7, 11) is 0. The van der Waals surface area contributed by atoms with Crippen LogP contribution >= 0.6 is 0 Å². The van der Waals surface area contributed by atoms with E-state index in [9.17, 15) is 4.79 Å². The van der Waals surface area contributed by atoms with Crippen molar-refractivity contribution in [3.63, 3.8) is 0 Å². The van der Waals surface area contributed by atoms with E-state index in [1.54, 1.807) is 6.07 Å². The maximum absolute atomic E-state index is 12.1. The first kappa shape index (κ1) is 15.7. The van der Waals surface area contributed by atoms with Crippen molar-refractivity contribution in [1.29, 1.82) is 0 Å². The Kier molecular flexibility index (Phi) is 5.96. The van der Waals surface area contributed by atoms with Crippen molar-refractivity contribution in [2.45, 2.75) is 64.8 Å². The van der Waals surface area contributed by atoms with Gasteiger partial charge in [-0.3, -0.25) is 4.79 Å². The number of hydrogen-bond donors (Lipinski definition) is 2. The van der Waals surface area contributed by atoms with Gasteiger partial charge in [-0.25, -0.2) is 9.97 Å². The predicted molar refractivity (Wildman–Crippen MR) is 84.5 cm³/mol. The number of anilines is 1. The number of unbranched alkanes of at least 4 members (excludes halogenated alkanes) is 1. The third-order valence-electron chi connectivity index (χ3n) is 3.84. The number of nitrogens with one attached hydrogen (secondary N) is 2. The lowest BCUT2D eigenvalue weighted by Crippen LogP contribution is -2.27. The highest BCUT2D eigenvalue weighted by molar-refractivity contribution is 5.92. The first-order valence-corrected chi connectivity index (χ1v) is 8.09. The van der Waals surface area contributed by atoms with Crippen molar-refractivity contribution in [2.75, 3.05) is 11.9 Å². The van der Waals surface area contributed by atoms with E-state index in [1.807, 2.05) is 6.92 Å². The van der Waals surface area contributed by atoms with Crippen LogP contribution in [0.2, 0.25) is 0 Å². The third-order valence-corrected chi connectivity index (χ3v) is 3.84. The molecular formula is C16H26N4O. The van der Waals surface area contributed by atoms with Crippen molar-refractivity contribution in [3.05, 3.63) is 17.6 Å². The summed E-state index contributed by atoms with van der Waals surface area (Å²) in [5.41, 5.74) is 0.455. The molecule has 1 aromatic heterocycles.